The summed E-state index contributed by atoms with van der Waals surface area (Å²) < 4.78 is 35.2. The second kappa shape index (κ2) is 9.45. The SMILES string of the molecule is CCC(Oc1ccc(N(C)S(C)(=O)=O)cc1)C(=O)NCc1ccc(OC)cc1. The van der Waals surface area contributed by atoms with E-state index in [1.165, 1.54) is 11.4 Å². The van der Waals surface area contributed by atoms with E-state index in [2.05, 4.69) is 5.32 Å². The second-order valence-corrected chi connectivity index (χ2v) is 8.32. The summed E-state index contributed by atoms with van der Waals surface area (Å²) in [5.74, 6) is 1.04. The van der Waals surface area contributed by atoms with Gasteiger partial charge in [-0.3, -0.25) is 9.10 Å². The van der Waals surface area contributed by atoms with E-state index >= 15 is 0 Å². The van der Waals surface area contributed by atoms with Crippen molar-refractivity contribution >= 4 is 21.6 Å². The molecule has 1 amide bonds. The van der Waals surface area contributed by atoms with Crippen molar-refractivity contribution in [1.82, 2.24) is 5.32 Å². The molecule has 0 aromatic heterocycles. The molecule has 0 aliphatic carbocycles. The number of hydrogen-bond donors (Lipinski definition) is 1. The van der Waals surface area contributed by atoms with Crippen molar-refractivity contribution in [2.45, 2.75) is 26.0 Å². The number of amides is 1. The topological polar surface area (TPSA) is 84.9 Å². The lowest BCUT2D eigenvalue weighted by Gasteiger charge is -2.19. The van der Waals surface area contributed by atoms with Gasteiger partial charge in [0.15, 0.2) is 6.10 Å². The molecular formula is C20H26N2O5S. The minimum absolute atomic E-state index is 0.212. The summed E-state index contributed by atoms with van der Waals surface area (Å²) in [6.07, 6.45) is 0.994. The summed E-state index contributed by atoms with van der Waals surface area (Å²) in [4.78, 5) is 12.4. The zero-order valence-corrected chi connectivity index (χ0v) is 17.3. The van der Waals surface area contributed by atoms with Crippen molar-refractivity contribution < 1.29 is 22.7 Å². The first-order valence-electron chi connectivity index (χ1n) is 8.86. The van der Waals surface area contributed by atoms with Crippen LogP contribution in [0.5, 0.6) is 11.5 Å². The zero-order chi connectivity index (χ0) is 20.7. The number of anilines is 1. The normalized spacial score (nSPS) is 12.1. The highest BCUT2D eigenvalue weighted by atomic mass is 32.2. The molecule has 7 nitrogen and oxygen atoms in total. The first-order valence-corrected chi connectivity index (χ1v) is 10.7. The van der Waals surface area contributed by atoms with Gasteiger partial charge < -0.3 is 14.8 Å². The van der Waals surface area contributed by atoms with Crippen LogP contribution in [0, 0.1) is 0 Å². The Morgan fingerprint density at radius 3 is 2.14 bits per heavy atom. The molecule has 0 aliphatic heterocycles. The van der Waals surface area contributed by atoms with Crippen molar-refractivity contribution in [2.24, 2.45) is 0 Å². The van der Waals surface area contributed by atoms with Crippen LogP contribution in [0.3, 0.4) is 0 Å². The van der Waals surface area contributed by atoms with Gasteiger partial charge in [-0.25, -0.2) is 8.42 Å². The first-order chi connectivity index (χ1) is 13.2. The lowest BCUT2D eigenvalue weighted by atomic mass is 10.2. The van der Waals surface area contributed by atoms with E-state index in [4.69, 9.17) is 9.47 Å². The number of ether oxygens (including phenoxy) is 2. The van der Waals surface area contributed by atoms with Crippen LogP contribution in [0.2, 0.25) is 0 Å². The Balaban J connectivity index is 1.95. The summed E-state index contributed by atoms with van der Waals surface area (Å²) in [6, 6.07) is 14.0. The van der Waals surface area contributed by atoms with Crippen LogP contribution in [0.25, 0.3) is 0 Å². The van der Waals surface area contributed by atoms with Crippen molar-refractivity contribution in [1.29, 1.82) is 0 Å². The molecule has 152 valence electrons. The van der Waals surface area contributed by atoms with Crippen molar-refractivity contribution in [3.05, 3.63) is 54.1 Å². The summed E-state index contributed by atoms with van der Waals surface area (Å²) in [7, 11) is -0.246. The van der Waals surface area contributed by atoms with Crippen molar-refractivity contribution in [3.8, 4) is 11.5 Å². The summed E-state index contributed by atoms with van der Waals surface area (Å²) in [5.41, 5.74) is 1.48. The molecule has 8 heteroatoms. The molecule has 0 aliphatic rings. The lowest BCUT2D eigenvalue weighted by molar-refractivity contribution is -0.128. The van der Waals surface area contributed by atoms with Gasteiger partial charge in [0.25, 0.3) is 5.91 Å². The number of sulfonamides is 1. The Hall–Kier alpha value is -2.74. The fraction of sp³-hybridized carbons (Fsp3) is 0.350. The van der Waals surface area contributed by atoms with Gasteiger partial charge in [0, 0.05) is 13.6 Å². The standard InChI is InChI=1S/C20H26N2O5S/c1-5-19(20(23)21-14-15-6-10-17(26-3)11-7-15)27-18-12-8-16(9-13-18)22(2)28(4,24)25/h6-13,19H,5,14H2,1-4H3,(H,21,23). The average molecular weight is 407 g/mol. The van der Waals surface area contributed by atoms with E-state index in [1.807, 2.05) is 31.2 Å². The Kier molecular flexibility index (Phi) is 7.28. The third-order valence-corrected chi connectivity index (χ3v) is 5.47. The molecule has 0 saturated carbocycles. The number of hydrogen-bond acceptors (Lipinski definition) is 5. The van der Waals surface area contributed by atoms with Crippen molar-refractivity contribution in [2.75, 3.05) is 24.7 Å². The van der Waals surface area contributed by atoms with Gasteiger partial charge in [0.2, 0.25) is 10.0 Å². The molecule has 28 heavy (non-hydrogen) atoms. The van der Waals surface area contributed by atoms with E-state index in [1.54, 1.807) is 31.4 Å². The highest BCUT2D eigenvalue weighted by molar-refractivity contribution is 7.92. The fourth-order valence-corrected chi connectivity index (χ4v) is 2.96. The van der Waals surface area contributed by atoms with Crippen LogP contribution in [0.1, 0.15) is 18.9 Å². The van der Waals surface area contributed by atoms with Crippen molar-refractivity contribution in [3.63, 3.8) is 0 Å². The van der Waals surface area contributed by atoms with Gasteiger partial charge in [0.1, 0.15) is 11.5 Å². The molecule has 0 fully saturated rings. The third kappa shape index (κ3) is 5.88. The zero-order valence-electron chi connectivity index (χ0n) is 16.5. The molecule has 2 aromatic rings. The van der Waals surface area contributed by atoms with Crippen LogP contribution in [-0.4, -0.2) is 40.8 Å². The smallest absolute Gasteiger partial charge is 0.261 e. The molecule has 0 radical (unpaired) electrons. The Morgan fingerprint density at radius 1 is 1.07 bits per heavy atom. The third-order valence-electron chi connectivity index (χ3n) is 4.27. The molecule has 1 unspecified atom stereocenters. The molecule has 1 N–H and O–H groups in total. The minimum Gasteiger partial charge on any atom is -0.497 e. The van der Waals surface area contributed by atoms with Crippen LogP contribution in [-0.2, 0) is 21.4 Å². The number of methoxy groups -OCH3 is 1. The minimum atomic E-state index is -3.33. The monoisotopic (exact) mass is 406 g/mol. The number of nitrogens with zero attached hydrogens (tertiary/aromatic N) is 1. The number of carbonyl (C=O) groups excluding carboxylic acids is 1. The first kappa shape index (κ1) is 21.6. The highest BCUT2D eigenvalue weighted by Crippen LogP contribution is 2.21. The Morgan fingerprint density at radius 2 is 1.64 bits per heavy atom. The number of carbonyl (C=O) groups is 1. The van der Waals surface area contributed by atoms with Crippen LogP contribution >= 0.6 is 0 Å². The maximum atomic E-state index is 12.4. The van der Waals surface area contributed by atoms with Gasteiger partial charge in [-0.05, 0) is 48.4 Å². The van der Waals surface area contributed by atoms with Gasteiger partial charge >= 0.3 is 0 Å². The molecule has 0 bridgehead atoms. The van der Waals surface area contributed by atoms with E-state index in [9.17, 15) is 13.2 Å². The van der Waals surface area contributed by atoms with Gasteiger partial charge in [-0.1, -0.05) is 19.1 Å². The summed E-state index contributed by atoms with van der Waals surface area (Å²) >= 11 is 0. The second-order valence-electron chi connectivity index (χ2n) is 6.31. The number of nitrogens with one attached hydrogen (secondary N) is 1. The average Bonchev–Trinajstić information content (AvgIpc) is 2.69. The maximum absolute atomic E-state index is 12.4. The Labute approximate surface area is 166 Å². The lowest BCUT2D eigenvalue weighted by Crippen LogP contribution is -2.37. The molecule has 0 heterocycles. The van der Waals surface area contributed by atoms with Gasteiger partial charge in [0.05, 0.1) is 19.1 Å². The van der Waals surface area contributed by atoms with E-state index in [0.717, 1.165) is 17.6 Å². The number of rotatable bonds is 9. The molecule has 2 rings (SSSR count). The fourth-order valence-electron chi connectivity index (χ4n) is 2.46. The van der Waals surface area contributed by atoms with Gasteiger partial charge in [-0.2, -0.15) is 0 Å². The van der Waals surface area contributed by atoms with Gasteiger partial charge in [-0.15, -0.1) is 0 Å². The summed E-state index contributed by atoms with van der Waals surface area (Å²) in [6.45, 7) is 2.25. The van der Waals surface area contributed by atoms with E-state index < -0.39 is 16.1 Å². The van der Waals surface area contributed by atoms with E-state index in [0.29, 0.717) is 24.4 Å². The highest BCUT2D eigenvalue weighted by Gasteiger charge is 2.18. The largest absolute Gasteiger partial charge is 0.497 e. The van der Waals surface area contributed by atoms with Crippen LogP contribution in [0.15, 0.2) is 48.5 Å². The predicted molar refractivity (Wildman–Crippen MR) is 109 cm³/mol. The number of benzene rings is 2. The molecule has 0 saturated heterocycles. The maximum Gasteiger partial charge on any atom is 0.261 e. The predicted octanol–water partition coefficient (Wildman–Crippen LogP) is 2.56. The molecule has 2 aromatic carbocycles. The molecular weight excluding hydrogens is 380 g/mol. The molecule has 0 spiro atoms. The Bertz CT molecular complexity index is 880. The quantitative estimate of drug-likeness (QED) is 0.692. The van der Waals surface area contributed by atoms with E-state index in [-0.39, 0.29) is 5.91 Å². The summed E-state index contributed by atoms with van der Waals surface area (Å²) in [5, 5.41) is 2.86. The molecule has 1 atom stereocenters. The van der Waals surface area contributed by atoms with Crippen LogP contribution < -0.4 is 19.1 Å². The van der Waals surface area contributed by atoms with Crippen LogP contribution in [0.4, 0.5) is 5.69 Å².